The number of nitrogens with two attached hydrogens (primary N) is 1. The van der Waals surface area contributed by atoms with E-state index in [0.717, 1.165) is 0 Å². The summed E-state index contributed by atoms with van der Waals surface area (Å²) < 4.78 is 7.01. The Labute approximate surface area is 115 Å². The van der Waals surface area contributed by atoms with Gasteiger partial charge < -0.3 is 15.0 Å². The van der Waals surface area contributed by atoms with Gasteiger partial charge in [-0.3, -0.25) is 9.78 Å². The van der Waals surface area contributed by atoms with Crippen molar-refractivity contribution in [1.82, 2.24) is 9.55 Å². The quantitative estimate of drug-likeness (QED) is 0.626. The summed E-state index contributed by atoms with van der Waals surface area (Å²) in [7, 11) is 0. The third kappa shape index (κ3) is 3.28. The second-order valence-corrected chi connectivity index (χ2v) is 4.50. The molecule has 1 heterocycles. The maximum atomic E-state index is 11.6. The summed E-state index contributed by atoms with van der Waals surface area (Å²) in [6, 6.07) is 7.25. The van der Waals surface area contributed by atoms with E-state index in [0.29, 0.717) is 36.6 Å². The lowest BCUT2D eigenvalue weighted by Gasteiger charge is -2.09. The van der Waals surface area contributed by atoms with Crippen LogP contribution in [0.15, 0.2) is 40.1 Å². The molecule has 20 heavy (non-hydrogen) atoms. The fourth-order valence-electron chi connectivity index (χ4n) is 1.81. The van der Waals surface area contributed by atoms with E-state index in [4.69, 9.17) is 10.5 Å². The lowest BCUT2D eigenvalue weighted by molar-refractivity contribution is 0.302. The normalized spacial score (nSPS) is 10.4. The third-order valence-corrected chi connectivity index (χ3v) is 2.91. The molecule has 0 bridgehead atoms. The van der Waals surface area contributed by atoms with Crippen molar-refractivity contribution in [1.29, 1.82) is 0 Å². The highest BCUT2D eigenvalue weighted by molar-refractivity contribution is 5.51. The van der Waals surface area contributed by atoms with Crippen molar-refractivity contribution in [2.45, 2.75) is 19.9 Å². The molecule has 0 radical (unpaired) electrons. The van der Waals surface area contributed by atoms with E-state index >= 15 is 0 Å². The highest BCUT2D eigenvalue weighted by atomic mass is 16.5. The van der Waals surface area contributed by atoms with Gasteiger partial charge >= 0.3 is 5.69 Å². The molecule has 1 aromatic carbocycles. The van der Waals surface area contributed by atoms with Crippen molar-refractivity contribution in [2.75, 3.05) is 12.3 Å². The van der Waals surface area contributed by atoms with Crippen molar-refractivity contribution < 1.29 is 4.74 Å². The number of nitrogen functional groups attached to an aromatic ring is 1. The molecule has 0 saturated carbocycles. The van der Waals surface area contributed by atoms with Gasteiger partial charge in [0.2, 0.25) is 0 Å². The molecule has 0 fully saturated rings. The zero-order valence-corrected chi connectivity index (χ0v) is 11.3. The summed E-state index contributed by atoms with van der Waals surface area (Å²) >= 11 is 0. The number of aryl methyl sites for hydroxylation is 2. The van der Waals surface area contributed by atoms with Crippen LogP contribution < -0.4 is 21.7 Å². The van der Waals surface area contributed by atoms with Crippen LogP contribution in [0.4, 0.5) is 5.69 Å². The van der Waals surface area contributed by atoms with Crippen LogP contribution in [-0.2, 0) is 6.54 Å². The molecule has 3 N–H and O–H groups in total. The molecule has 0 aliphatic carbocycles. The summed E-state index contributed by atoms with van der Waals surface area (Å²) in [4.78, 5) is 25.1. The zero-order chi connectivity index (χ0) is 14.5. The van der Waals surface area contributed by atoms with E-state index in [1.54, 1.807) is 25.3 Å². The van der Waals surface area contributed by atoms with E-state index in [9.17, 15) is 9.59 Å². The van der Waals surface area contributed by atoms with Crippen molar-refractivity contribution in [3.8, 4) is 5.75 Å². The molecular weight excluding hydrogens is 258 g/mol. The molecule has 0 aliphatic rings. The summed E-state index contributed by atoms with van der Waals surface area (Å²) in [5.74, 6) is 0.637. The van der Waals surface area contributed by atoms with Gasteiger partial charge in [-0.1, -0.05) is 12.1 Å². The first-order chi connectivity index (χ1) is 9.58. The van der Waals surface area contributed by atoms with Gasteiger partial charge in [-0.05, 0) is 25.5 Å². The van der Waals surface area contributed by atoms with Gasteiger partial charge in [0.15, 0.2) is 0 Å². The summed E-state index contributed by atoms with van der Waals surface area (Å²) in [6.07, 6.45) is 2.19. The Morgan fingerprint density at radius 3 is 2.80 bits per heavy atom. The minimum atomic E-state index is -0.403. The Kier molecular flexibility index (Phi) is 4.24. The molecule has 0 amide bonds. The van der Waals surface area contributed by atoms with Crippen molar-refractivity contribution in [3.63, 3.8) is 0 Å². The average Bonchev–Trinajstić information content (AvgIpc) is 2.42. The van der Waals surface area contributed by atoms with E-state index in [-0.39, 0.29) is 5.56 Å². The number of H-pyrrole nitrogens is 1. The van der Waals surface area contributed by atoms with E-state index in [1.807, 2.05) is 12.1 Å². The molecule has 0 spiro atoms. The Balaban J connectivity index is 1.91. The van der Waals surface area contributed by atoms with Crippen molar-refractivity contribution in [2.24, 2.45) is 0 Å². The summed E-state index contributed by atoms with van der Waals surface area (Å²) in [5, 5.41) is 0. The number of para-hydroxylation sites is 2. The fourth-order valence-corrected chi connectivity index (χ4v) is 1.81. The second kappa shape index (κ2) is 6.10. The minimum absolute atomic E-state index is 0.348. The first kappa shape index (κ1) is 13.9. The molecule has 106 valence electrons. The average molecular weight is 275 g/mol. The van der Waals surface area contributed by atoms with Crippen LogP contribution in [0.3, 0.4) is 0 Å². The van der Waals surface area contributed by atoms with Crippen LogP contribution in [0.5, 0.6) is 5.75 Å². The van der Waals surface area contributed by atoms with Crippen molar-refractivity contribution in [3.05, 3.63) is 56.9 Å². The lowest BCUT2D eigenvalue weighted by atomic mass is 10.3. The molecule has 0 aliphatic heterocycles. The number of nitrogens with one attached hydrogen (secondary N) is 1. The molecule has 6 nitrogen and oxygen atoms in total. The highest BCUT2D eigenvalue weighted by Crippen LogP contribution is 2.19. The Morgan fingerprint density at radius 1 is 1.30 bits per heavy atom. The number of benzene rings is 1. The van der Waals surface area contributed by atoms with Crippen LogP contribution >= 0.6 is 0 Å². The van der Waals surface area contributed by atoms with Crippen LogP contribution in [-0.4, -0.2) is 16.2 Å². The smallest absolute Gasteiger partial charge is 0.328 e. The first-order valence-electron chi connectivity index (χ1n) is 6.35. The largest absolute Gasteiger partial charge is 0.491 e. The molecule has 0 unspecified atom stereocenters. The van der Waals surface area contributed by atoms with Crippen LogP contribution in [0.2, 0.25) is 0 Å². The van der Waals surface area contributed by atoms with Gasteiger partial charge in [-0.25, -0.2) is 4.79 Å². The van der Waals surface area contributed by atoms with E-state index in [1.165, 1.54) is 4.57 Å². The second-order valence-electron chi connectivity index (χ2n) is 4.50. The number of anilines is 1. The van der Waals surface area contributed by atoms with Gasteiger partial charge in [0.1, 0.15) is 5.75 Å². The van der Waals surface area contributed by atoms with Crippen LogP contribution in [0, 0.1) is 6.92 Å². The monoisotopic (exact) mass is 275 g/mol. The predicted octanol–water partition coefficient (Wildman–Crippen LogP) is 0.896. The maximum absolute atomic E-state index is 11.6. The van der Waals surface area contributed by atoms with Gasteiger partial charge in [0.25, 0.3) is 5.56 Å². The number of nitrogens with zero attached hydrogens (tertiary/aromatic N) is 1. The summed E-state index contributed by atoms with van der Waals surface area (Å²) in [6.45, 7) is 2.58. The van der Waals surface area contributed by atoms with E-state index in [2.05, 4.69) is 4.98 Å². The molecule has 0 saturated heterocycles. The lowest BCUT2D eigenvalue weighted by Crippen LogP contribution is -2.31. The van der Waals surface area contributed by atoms with E-state index < -0.39 is 5.69 Å². The zero-order valence-electron chi connectivity index (χ0n) is 11.3. The molecule has 1 aromatic heterocycles. The SMILES string of the molecule is Cc1cn(CCCOc2ccccc2N)c(=O)[nH]c1=O. The molecule has 6 heteroatoms. The number of hydrogen-bond donors (Lipinski definition) is 2. The van der Waals surface area contributed by atoms with Crippen molar-refractivity contribution >= 4 is 5.69 Å². The van der Waals surface area contributed by atoms with Gasteiger partial charge in [-0.15, -0.1) is 0 Å². The molecular formula is C14H17N3O3. The van der Waals surface area contributed by atoms with Gasteiger partial charge in [0, 0.05) is 18.3 Å². The number of ether oxygens (including phenoxy) is 1. The number of aromatic nitrogens is 2. The standard InChI is InChI=1S/C14H17N3O3/c1-10-9-17(14(19)16-13(10)18)7-4-8-20-12-6-3-2-5-11(12)15/h2-3,5-6,9H,4,7-8,15H2,1H3,(H,16,18,19). The van der Waals surface area contributed by atoms with Gasteiger partial charge in [-0.2, -0.15) is 0 Å². The van der Waals surface area contributed by atoms with Crippen LogP contribution in [0.1, 0.15) is 12.0 Å². The Bertz CT molecular complexity index is 703. The molecule has 0 atom stereocenters. The minimum Gasteiger partial charge on any atom is -0.491 e. The van der Waals surface area contributed by atoms with Crippen LogP contribution in [0.25, 0.3) is 0 Å². The first-order valence-corrected chi connectivity index (χ1v) is 6.35. The van der Waals surface area contributed by atoms with Gasteiger partial charge in [0.05, 0.1) is 12.3 Å². The summed E-state index contributed by atoms with van der Waals surface area (Å²) in [5.41, 5.74) is 6.10. The number of hydrogen-bond acceptors (Lipinski definition) is 4. The maximum Gasteiger partial charge on any atom is 0.328 e. The number of rotatable bonds is 5. The Morgan fingerprint density at radius 2 is 2.05 bits per heavy atom. The Hall–Kier alpha value is -2.50. The topological polar surface area (TPSA) is 90.1 Å². The fraction of sp³-hybridized carbons (Fsp3) is 0.286. The predicted molar refractivity (Wildman–Crippen MR) is 77.0 cm³/mol. The number of aromatic amines is 1. The third-order valence-electron chi connectivity index (χ3n) is 2.91. The highest BCUT2D eigenvalue weighted by Gasteiger charge is 2.02. The molecule has 2 aromatic rings. The molecule has 2 rings (SSSR count).